The first-order valence-corrected chi connectivity index (χ1v) is 7.73. The zero-order valence-corrected chi connectivity index (χ0v) is 13.6. The van der Waals surface area contributed by atoms with Crippen LogP contribution in [0.3, 0.4) is 0 Å². The van der Waals surface area contributed by atoms with Crippen molar-refractivity contribution in [1.29, 1.82) is 0 Å². The summed E-state index contributed by atoms with van der Waals surface area (Å²) in [5, 5.41) is 19.4. The Labute approximate surface area is 144 Å². The molecule has 0 amide bonds. The number of phenols is 1. The van der Waals surface area contributed by atoms with E-state index in [1.54, 1.807) is 37.3 Å². The van der Waals surface area contributed by atoms with Gasteiger partial charge in [-0.05, 0) is 30.2 Å². The first kappa shape index (κ1) is 18.2. The average molecular weight is 342 g/mol. The molecule has 0 heterocycles. The summed E-state index contributed by atoms with van der Waals surface area (Å²) in [6.45, 7) is 1.73. The van der Waals surface area contributed by atoms with Crippen molar-refractivity contribution < 1.29 is 29.3 Å². The number of benzene rings is 2. The van der Waals surface area contributed by atoms with E-state index >= 15 is 0 Å². The van der Waals surface area contributed by atoms with E-state index in [9.17, 15) is 19.5 Å². The lowest BCUT2D eigenvalue weighted by atomic mass is 9.90. The first-order chi connectivity index (χ1) is 12.0. The number of ether oxygens (including phenoxy) is 1. The van der Waals surface area contributed by atoms with Gasteiger partial charge in [-0.25, -0.2) is 0 Å². The Morgan fingerprint density at radius 1 is 1.20 bits per heavy atom. The fourth-order valence-corrected chi connectivity index (χ4v) is 2.56. The molecule has 1 unspecified atom stereocenters. The van der Waals surface area contributed by atoms with Gasteiger partial charge in [0.2, 0.25) is 0 Å². The van der Waals surface area contributed by atoms with Gasteiger partial charge in [0, 0.05) is 5.56 Å². The molecular weight excluding hydrogens is 324 g/mol. The van der Waals surface area contributed by atoms with Gasteiger partial charge < -0.3 is 14.9 Å². The van der Waals surface area contributed by atoms with Crippen LogP contribution < -0.4 is 0 Å². The fourth-order valence-electron chi connectivity index (χ4n) is 2.56. The van der Waals surface area contributed by atoms with Crippen LogP contribution in [0.15, 0.2) is 42.5 Å². The van der Waals surface area contributed by atoms with Gasteiger partial charge >= 0.3 is 11.9 Å². The lowest BCUT2D eigenvalue weighted by molar-refractivity contribution is -0.149. The Morgan fingerprint density at radius 2 is 1.88 bits per heavy atom. The molecule has 6 nitrogen and oxygen atoms in total. The molecule has 25 heavy (non-hydrogen) atoms. The van der Waals surface area contributed by atoms with Crippen molar-refractivity contribution in [2.24, 2.45) is 0 Å². The number of aldehydes is 1. The number of esters is 1. The van der Waals surface area contributed by atoms with Crippen molar-refractivity contribution in [3.8, 4) is 16.9 Å². The van der Waals surface area contributed by atoms with Gasteiger partial charge in [0.15, 0.2) is 6.29 Å². The molecule has 0 fully saturated rings. The maximum atomic E-state index is 12.2. The molecule has 0 aliphatic carbocycles. The normalized spacial score (nSPS) is 11.6. The minimum absolute atomic E-state index is 0.0176. The predicted octanol–water partition coefficient (Wildman–Crippen LogP) is 2.99. The highest BCUT2D eigenvalue weighted by Gasteiger charge is 2.27. The van der Waals surface area contributed by atoms with Crippen molar-refractivity contribution >= 4 is 18.2 Å². The second-order valence-corrected chi connectivity index (χ2v) is 5.39. The Kier molecular flexibility index (Phi) is 5.89. The lowest BCUT2D eigenvalue weighted by Gasteiger charge is -2.17. The van der Waals surface area contributed by atoms with E-state index in [0.717, 1.165) is 0 Å². The van der Waals surface area contributed by atoms with Gasteiger partial charge in [-0.15, -0.1) is 0 Å². The summed E-state index contributed by atoms with van der Waals surface area (Å²) in [5.74, 6) is -3.14. The maximum absolute atomic E-state index is 12.2. The highest BCUT2D eigenvalue weighted by molar-refractivity contribution is 5.89. The molecule has 1 atom stereocenters. The SMILES string of the molecule is CCOC(=O)C(CC(=O)O)c1cc(C=O)c(O)c(-c2ccccc2)c1. The standard InChI is InChI=1S/C19H18O6/c1-2-25-19(24)16(10-17(21)22)13-8-14(11-20)18(23)15(9-13)12-6-4-3-5-7-12/h3-9,11,16,23H,2,10H2,1H3,(H,21,22). The third-order valence-electron chi connectivity index (χ3n) is 3.73. The monoisotopic (exact) mass is 342 g/mol. The van der Waals surface area contributed by atoms with Gasteiger partial charge in [-0.2, -0.15) is 0 Å². The van der Waals surface area contributed by atoms with E-state index in [1.807, 2.05) is 0 Å². The molecule has 2 rings (SSSR count). The molecule has 2 aromatic carbocycles. The van der Waals surface area contributed by atoms with Gasteiger partial charge in [-0.3, -0.25) is 14.4 Å². The summed E-state index contributed by atoms with van der Waals surface area (Å²) in [7, 11) is 0. The van der Waals surface area contributed by atoms with Gasteiger partial charge in [0.1, 0.15) is 5.75 Å². The molecule has 6 heteroatoms. The third-order valence-corrected chi connectivity index (χ3v) is 3.73. The van der Waals surface area contributed by atoms with Crippen LogP contribution in [0.1, 0.15) is 35.2 Å². The molecule has 0 aliphatic rings. The molecule has 130 valence electrons. The number of hydrogen-bond donors (Lipinski definition) is 2. The van der Waals surface area contributed by atoms with Crippen molar-refractivity contribution in [2.75, 3.05) is 6.61 Å². The summed E-state index contributed by atoms with van der Waals surface area (Å²) >= 11 is 0. The Hall–Kier alpha value is -3.15. The van der Waals surface area contributed by atoms with E-state index in [0.29, 0.717) is 23.0 Å². The topological polar surface area (TPSA) is 101 Å². The Morgan fingerprint density at radius 3 is 2.44 bits per heavy atom. The van der Waals surface area contributed by atoms with Crippen LogP contribution >= 0.6 is 0 Å². The van der Waals surface area contributed by atoms with Gasteiger partial charge in [0.05, 0.1) is 24.5 Å². The highest BCUT2D eigenvalue weighted by Crippen LogP contribution is 2.36. The quantitative estimate of drug-likeness (QED) is 0.592. The van der Waals surface area contributed by atoms with Crippen LogP contribution in [0.5, 0.6) is 5.75 Å². The van der Waals surface area contributed by atoms with Gasteiger partial charge in [0.25, 0.3) is 0 Å². The molecule has 0 spiro atoms. The number of phenolic OH excluding ortho intramolecular Hbond substituents is 1. The molecule has 2 aromatic rings. The lowest BCUT2D eigenvalue weighted by Crippen LogP contribution is -2.19. The average Bonchev–Trinajstić information content (AvgIpc) is 2.61. The highest BCUT2D eigenvalue weighted by atomic mass is 16.5. The second-order valence-electron chi connectivity index (χ2n) is 5.39. The summed E-state index contributed by atoms with van der Waals surface area (Å²) in [5.41, 5.74) is 1.28. The molecule has 0 saturated carbocycles. The van der Waals surface area contributed by atoms with Crippen LogP contribution in [0, 0.1) is 0 Å². The number of aliphatic carboxylic acids is 1. The van der Waals surface area contributed by atoms with Gasteiger partial charge in [-0.1, -0.05) is 30.3 Å². The van der Waals surface area contributed by atoms with E-state index in [2.05, 4.69) is 0 Å². The molecular formula is C19H18O6. The van der Waals surface area contributed by atoms with Crippen molar-refractivity contribution in [3.05, 3.63) is 53.6 Å². The summed E-state index contributed by atoms with van der Waals surface area (Å²) < 4.78 is 4.96. The number of carbonyl (C=O) groups is 3. The zero-order valence-electron chi connectivity index (χ0n) is 13.6. The smallest absolute Gasteiger partial charge is 0.313 e. The predicted molar refractivity (Wildman–Crippen MR) is 90.6 cm³/mol. The molecule has 0 saturated heterocycles. The van der Waals surface area contributed by atoms with Crippen molar-refractivity contribution in [2.45, 2.75) is 19.3 Å². The number of carbonyl (C=O) groups excluding carboxylic acids is 2. The molecule has 2 N–H and O–H groups in total. The van der Waals surface area contributed by atoms with Crippen molar-refractivity contribution in [3.63, 3.8) is 0 Å². The fraction of sp³-hybridized carbons (Fsp3) is 0.211. The van der Waals surface area contributed by atoms with Crippen LogP contribution in [-0.4, -0.2) is 35.0 Å². The Balaban J connectivity index is 2.60. The molecule has 0 radical (unpaired) electrons. The van der Waals surface area contributed by atoms with E-state index in [4.69, 9.17) is 9.84 Å². The number of aromatic hydroxyl groups is 1. The van der Waals surface area contributed by atoms with Crippen molar-refractivity contribution in [1.82, 2.24) is 0 Å². The van der Waals surface area contributed by atoms with E-state index in [1.165, 1.54) is 12.1 Å². The maximum Gasteiger partial charge on any atom is 0.313 e. The minimum Gasteiger partial charge on any atom is -0.507 e. The molecule has 0 bridgehead atoms. The first-order valence-electron chi connectivity index (χ1n) is 7.73. The van der Waals surface area contributed by atoms with Crippen LogP contribution in [-0.2, 0) is 14.3 Å². The number of carboxylic acid groups (broad SMARTS) is 1. The minimum atomic E-state index is -1.17. The van der Waals surface area contributed by atoms with Crippen LogP contribution in [0.4, 0.5) is 0 Å². The number of rotatable bonds is 7. The van der Waals surface area contributed by atoms with Crippen LogP contribution in [0.2, 0.25) is 0 Å². The van der Waals surface area contributed by atoms with E-state index < -0.39 is 24.3 Å². The third kappa shape index (κ3) is 4.23. The number of hydrogen-bond acceptors (Lipinski definition) is 5. The summed E-state index contributed by atoms with van der Waals surface area (Å²) in [6, 6.07) is 11.6. The summed E-state index contributed by atoms with van der Waals surface area (Å²) in [4.78, 5) is 34.6. The zero-order chi connectivity index (χ0) is 18.4. The Bertz CT molecular complexity index is 782. The number of carboxylic acids is 1. The molecule has 0 aromatic heterocycles. The largest absolute Gasteiger partial charge is 0.507 e. The van der Waals surface area contributed by atoms with E-state index in [-0.39, 0.29) is 17.9 Å². The molecule has 0 aliphatic heterocycles. The summed E-state index contributed by atoms with van der Waals surface area (Å²) in [6.07, 6.45) is -0.00953. The van der Waals surface area contributed by atoms with Crippen LogP contribution in [0.25, 0.3) is 11.1 Å². The second kappa shape index (κ2) is 8.10.